The van der Waals surface area contributed by atoms with Crippen LogP contribution in [0.5, 0.6) is 11.5 Å². The molecule has 0 spiro atoms. The zero-order valence-corrected chi connectivity index (χ0v) is 17.9. The summed E-state index contributed by atoms with van der Waals surface area (Å²) in [6.07, 6.45) is 3.41. The fraction of sp³-hybridized carbons (Fsp3) is 0.318. The molecule has 1 aliphatic rings. The van der Waals surface area contributed by atoms with Gasteiger partial charge in [-0.1, -0.05) is 12.1 Å². The molecule has 0 bridgehead atoms. The number of alkyl halides is 2. The first kappa shape index (κ1) is 21.3. The fourth-order valence-electron chi connectivity index (χ4n) is 3.83. The van der Waals surface area contributed by atoms with Crippen LogP contribution in [0, 0.1) is 0 Å². The molecule has 4 nitrogen and oxygen atoms in total. The largest absolute Gasteiger partial charge is 0.496 e. The van der Waals surface area contributed by atoms with Crippen LogP contribution in [-0.2, 0) is 13.1 Å². The van der Waals surface area contributed by atoms with E-state index in [9.17, 15) is 8.78 Å². The van der Waals surface area contributed by atoms with E-state index in [1.807, 2.05) is 30.3 Å². The molecule has 0 amide bonds. The molecule has 7 heteroatoms. The van der Waals surface area contributed by atoms with E-state index >= 15 is 0 Å². The highest BCUT2D eigenvalue weighted by Crippen LogP contribution is 2.33. The molecule has 4 rings (SSSR count). The minimum absolute atomic E-state index is 0. The summed E-state index contributed by atoms with van der Waals surface area (Å²) in [5.74, 6) is 0.999. The van der Waals surface area contributed by atoms with Crippen molar-refractivity contribution in [3.8, 4) is 34.0 Å². The van der Waals surface area contributed by atoms with Crippen molar-refractivity contribution < 1.29 is 22.9 Å². The Morgan fingerprint density at radius 2 is 1.76 bits per heavy atom. The molecule has 0 saturated heterocycles. The van der Waals surface area contributed by atoms with Crippen molar-refractivity contribution in [1.29, 1.82) is 0 Å². The summed E-state index contributed by atoms with van der Waals surface area (Å²) in [5.41, 5.74) is 4.18. The number of ether oxygens (including phenoxy) is 2. The lowest BCUT2D eigenvalue weighted by Crippen LogP contribution is -2.44. The lowest BCUT2D eigenvalue weighted by atomic mass is 10.1. The second kappa shape index (κ2) is 9.39. The maximum absolute atomic E-state index is 12.4. The van der Waals surface area contributed by atoms with Gasteiger partial charge in [-0.2, -0.15) is 13.5 Å². The van der Waals surface area contributed by atoms with Crippen LogP contribution in [-0.4, -0.2) is 18.4 Å². The molecule has 1 aliphatic heterocycles. The van der Waals surface area contributed by atoms with Crippen molar-refractivity contribution >= 4 is 17.0 Å². The highest BCUT2D eigenvalue weighted by Gasteiger charge is 2.27. The Kier molecular flexibility index (Phi) is 6.90. The summed E-state index contributed by atoms with van der Waals surface area (Å²) in [6.45, 7) is -0.970. The van der Waals surface area contributed by atoms with Crippen LogP contribution in [0.25, 0.3) is 22.5 Å². The van der Waals surface area contributed by atoms with Gasteiger partial charge in [0.25, 0.3) is 0 Å². The van der Waals surface area contributed by atoms with Crippen LogP contribution < -0.4 is 14.2 Å². The number of rotatable bonds is 5. The summed E-state index contributed by atoms with van der Waals surface area (Å²) in [5, 5.41) is 0. The van der Waals surface area contributed by atoms with E-state index in [0.717, 1.165) is 54.2 Å². The Morgan fingerprint density at radius 1 is 1.00 bits per heavy atom. The average molecular weight is 466 g/mol. The topological polar surface area (TPSA) is 27.3 Å². The van der Waals surface area contributed by atoms with Gasteiger partial charge < -0.3 is 9.47 Å². The average Bonchev–Trinajstić information content (AvgIpc) is 2.89. The quantitative estimate of drug-likeness (QED) is 0.466. The van der Waals surface area contributed by atoms with E-state index in [4.69, 9.17) is 4.74 Å². The van der Waals surface area contributed by atoms with Crippen molar-refractivity contribution in [2.75, 3.05) is 7.11 Å². The molecule has 0 N–H and O–H groups in total. The van der Waals surface area contributed by atoms with Crippen molar-refractivity contribution in [2.45, 2.75) is 39.0 Å². The van der Waals surface area contributed by atoms with E-state index in [2.05, 4.69) is 26.2 Å². The molecule has 1 aromatic heterocycles. The van der Waals surface area contributed by atoms with Crippen molar-refractivity contribution in [3.63, 3.8) is 0 Å². The van der Waals surface area contributed by atoms with E-state index < -0.39 is 6.61 Å². The third kappa shape index (κ3) is 4.45. The molecular formula is C22H24BrF2N2O2+. The van der Waals surface area contributed by atoms with Gasteiger partial charge in [0.2, 0.25) is 5.69 Å². The van der Waals surface area contributed by atoms with Crippen LogP contribution in [0.4, 0.5) is 8.78 Å². The predicted molar refractivity (Wildman–Crippen MR) is 113 cm³/mol. The van der Waals surface area contributed by atoms with E-state index in [1.165, 1.54) is 6.42 Å². The number of hydrogen-bond acceptors (Lipinski definition) is 2. The van der Waals surface area contributed by atoms with Crippen LogP contribution in [0.2, 0.25) is 0 Å². The van der Waals surface area contributed by atoms with Gasteiger partial charge in [-0.25, -0.2) is 0 Å². The van der Waals surface area contributed by atoms with Crippen LogP contribution in [0.15, 0.2) is 54.6 Å². The van der Waals surface area contributed by atoms with E-state index in [-0.39, 0.29) is 22.7 Å². The predicted octanol–water partition coefficient (Wildman–Crippen LogP) is 5.48. The number of benzene rings is 2. The smallest absolute Gasteiger partial charge is 0.387 e. The number of fused-ring (bicyclic) bond motifs is 1. The number of hydrogen-bond donors (Lipinski definition) is 0. The van der Waals surface area contributed by atoms with E-state index in [1.54, 1.807) is 19.2 Å². The lowest BCUT2D eigenvalue weighted by Gasteiger charge is -2.09. The summed E-state index contributed by atoms with van der Waals surface area (Å²) < 4.78 is 39.5. The zero-order valence-electron chi connectivity index (χ0n) is 16.2. The van der Waals surface area contributed by atoms with Crippen molar-refractivity contribution in [1.82, 2.24) is 4.68 Å². The molecule has 2 heterocycles. The summed E-state index contributed by atoms with van der Waals surface area (Å²) in [6, 6.07) is 17.0. The number of halogens is 3. The number of para-hydroxylation sites is 1. The van der Waals surface area contributed by atoms with Crippen molar-refractivity contribution in [2.24, 2.45) is 0 Å². The molecule has 0 radical (unpaired) electrons. The minimum Gasteiger partial charge on any atom is -0.496 e. The Balaban J connectivity index is 0.00000240. The second-order valence-electron chi connectivity index (χ2n) is 6.82. The monoisotopic (exact) mass is 465 g/mol. The van der Waals surface area contributed by atoms with Gasteiger partial charge in [-0.3, -0.25) is 0 Å². The van der Waals surface area contributed by atoms with Gasteiger partial charge in [0, 0.05) is 23.6 Å². The fourth-order valence-corrected chi connectivity index (χ4v) is 3.83. The lowest BCUT2D eigenvalue weighted by molar-refractivity contribution is -0.763. The van der Waals surface area contributed by atoms with Crippen LogP contribution in [0.1, 0.15) is 19.3 Å². The molecule has 0 unspecified atom stereocenters. The highest BCUT2D eigenvalue weighted by molar-refractivity contribution is 8.93. The maximum atomic E-state index is 12.4. The third-order valence-electron chi connectivity index (χ3n) is 5.12. The van der Waals surface area contributed by atoms with Gasteiger partial charge in [0.1, 0.15) is 17.2 Å². The first-order valence-electron chi connectivity index (χ1n) is 9.49. The molecule has 0 atom stereocenters. The second-order valence-corrected chi connectivity index (χ2v) is 6.82. The number of aromatic nitrogens is 2. The Labute approximate surface area is 179 Å². The van der Waals surface area contributed by atoms with E-state index in [0.29, 0.717) is 0 Å². The first-order valence-corrected chi connectivity index (χ1v) is 9.49. The highest BCUT2D eigenvalue weighted by atomic mass is 79.9. The zero-order chi connectivity index (χ0) is 19.5. The third-order valence-corrected chi connectivity index (χ3v) is 5.12. The summed E-state index contributed by atoms with van der Waals surface area (Å²) in [4.78, 5) is 0. The van der Waals surface area contributed by atoms with Gasteiger partial charge in [0.15, 0.2) is 6.54 Å². The molecular weight excluding hydrogens is 442 g/mol. The van der Waals surface area contributed by atoms with Gasteiger partial charge in [0.05, 0.1) is 13.7 Å². The molecule has 0 fully saturated rings. The summed E-state index contributed by atoms with van der Waals surface area (Å²) >= 11 is 0. The maximum Gasteiger partial charge on any atom is 0.387 e. The Hall–Kier alpha value is -2.41. The summed E-state index contributed by atoms with van der Waals surface area (Å²) in [7, 11) is 1.68. The normalized spacial score (nSPS) is 13.4. The standard InChI is InChI=1S/C22H23F2N2O2.BrH/c1-27-21-8-4-3-7-18(21)20-15-19(25-13-5-2-6-14-26(20)25)16-9-11-17(12-10-16)28-22(23)24;/h3-4,7-12,15,22H,2,5-6,13-14H2,1H3;1H/q+1;. The molecule has 2 aromatic carbocycles. The molecule has 3 aromatic rings. The van der Waals surface area contributed by atoms with Gasteiger partial charge in [-0.05, 0) is 49.2 Å². The van der Waals surface area contributed by atoms with Gasteiger partial charge in [-0.15, -0.1) is 21.7 Å². The molecule has 29 heavy (non-hydrogen) atoms. The number of methoxy groups -OCH3 is 1. The van der Waals surface area contributed by atoms with Crippen molar-refractivity contribution in [3.05, 3.63) is 54.6 Å². The SMILES string of the molecule is Br.COc1ccccc1-c1cc(-c2ccc(OC(F)F)cc2)[n+]2n1CCCCC2. The Bertz CT molecular complexity index is 958. The minimum atomic E-state index is -2.82. The molecule has 0 aliphatic carbocycles. The van der Waals surface area contributed by atoms with Crippen LogP contribution in [0.3, 0.4) is 0 Å². The van der Waals surface area contributed by atoms with Crippen LogP contribution >= 0.6 is 17.0 Å². The Morgan fingerprint density at radius 3 is 2.48 bits per heavy atom. The molecule has 154 valence electrons. The van der Waals surface area contributed by atoms with Gasteiger partial charge >= 0.3 is 6.61 Å². The first-order chi connectivity index (χ1) is 13.7. The molecule has 0 saturated carbocycles. The number of nitrogens with zero attached hydrogens (tertiary/aromatic N) is 2.